The third kappa shape index (κ3) is 4.55. The SMILES string of the molecule is O=S(=O)(Oc1ccccc1-c1nc2ccc(Br)cn2c1NCc1ccccc1)c1ccccc1. The molecule has 6 nitrogen and oxygen atoms in total. The summed E-state index contributed by atoms with van der Waals surface area (Å²) in [5.74, 6) is 0.935. The maximum atomic E-state index is 12.9. The van der Waals surface area contributed by atoms with Crippen LogP contribution in [0.3, 0.4) is 0 Å². The number of pyridine rings is 1. The average Bonchev–Trinajstić information content (AvgIpc) is 3.21. The van der Waals surface area contributed by atoms with Gasteiger partial charge in [-0.25, -0.2) is 4.98 Å². The number of hydrogen-bond acceptors (Lipinski definition) is 5. The van der Waals surface area contributed by atoms with E-state index in [-0.39, 0.29) is 10.6 Å². The molecule has 0 saturated heterocycles. The number of anilines is 1. The summed E-state index contributed by atoms with van der Waals surface area (Å²) in [7, 11) is -4.01. The van der Waals surface area contributed by atoms with E-state index in [1.54, 1.807) is 36.4 Å². The number of aromatic nitrogens is 2. The van der Waals surface area contributed by atoms with Gasteiger partial charge in [0.2, 0.25) is 0 Å². The molecule has 2 heterocycles. The molecule has 0 amide bonds. The molecule has 0 aliphatic heterocycles. The summed E-state index contributed by atoms with van der Waals surface area (Å²) in [6.07, 6.45) is 1.92. The Hall–Kier alpha value is -3.62. The summed E-state index contributed by atoms with van der Waals surface area (Å²) in [6, 6.07) is 28.9. The number of nitrogens with zero attached hydrogens (tertiary/aromatic N) is 2. The second kappa shape index (κ2) is 9.32. The number of hydrogen-bond donors (Lipinski definition) is 1. The molecule has 0 unspecified atom stereocenters. The lowest BCUT2D eigenvalue weighted by Crippen LogP contribution is -2.10. The molecular weight excluding hydrogens is 514 g/mol. The lowest BCUT2D eigenvalue weighted by atomic mass is 10.1. The molecule has 5 rings (SSSR count). The van der Waals surface area contributed by atoms with Gasteiger partial charge >= 0.3 is 10.1 Å². The normalized spacial score (nSPS) is 11.4. The molecule has 0 radical (unpaired) electrons. The van der Waals surface area contributed by atoms with Crippen molar-refractivity contribution >= 4 is 37.5 Å². The first-order valence-corrected chi connectivity index (χ1v) is 12.8. The van der Waals surface area contributed by atoms with Crippen molar-refractivity contribution in [2.24, 2.45) is 0 Å². The van der Waals surface area contributed by atoms with Crippen LogP contribution in [-0.2, 0) is 16.7 Å². The first-order chi connectivity index (χ1) is 16.5. The fourth-order valence-corrected chi connectivity index (χ4v) is 4.95. The van der Waals surface area contributed by atoms with Crippen molar-refractivity contribution < 1.29 is 12.6 Å². The Labute approximate surface area is 206 Å². The quantitative estimate of drug-likeness (QED) is 0.254. The summed E-state index contributed by atoms with van der Waals surface area (Å²) in [5, 5.41) is 3.47. The number of fused-ring (bicyclic) bond motifs is 1. The van der Waals surface area contributed by atoms with Gasteiger partial charge in [-0.15, -0.1) is 0 Å². The predicted molar refractivity (Wildman–Crippen MR) is 136 cm³/mol. The molecule has 0 atom stereocenters. The van der Waals surface area contributed by atoms with Gasteiger partial charge in [-0.1, -0.05) is 60.7 Å². The third-order valence-corrected chi connectivity index (χ3v) is 6.98. The van der Waals surface area contributed by atoms with Crippen LogP contribution in [0.2, 0.25) is 0 Å². The minimum Gasteiger partial charge on any atom is -0.378 e. The Kier molecular flexibility index (Phi) is 6.08. The second-order valence-corrected chi connectivity index (χ2v) is 10.0. The molecule has 34 heavy (non-hydrogen) atoms. The van der Waals surface area contributed by atoms with Crippen LogP contribution in [0.25, 0.3) is 16.9 Å². The number of imidazole rings is 1. The third-order valence-electron chi connectivity index (χ3n) is 5.26. The van der Waals surface area contributed by atoms with E-state index in [4.69, 9.17) is 9.17 Å². The highest BCUT2D eigenvalue weighted by Gasteiger charge is 2.22. The van der Waals surface area contributed by atoms with Crippen LogP contribution >= 0.6 is 15.9 Å². The Balaban J connectivity index is 1.59. The molecule has 0 spiro atoms. The molecule has 8 heteroatoms. The lowest BCUT2D eigenvalue weighted by Gasteiger charge is -2.13. The van der Waals surface area contributed by atoms with Crippen LogP contribution < -0.4 is 9.50 Å². The first-order valence-electron chi connectivity index (χ1n) is 10.6. The summed E-state index contributed by atoms with van der Waals surface area (Å²) < 4.78 is 34.3. The van der Waals surface area contributed by atoms with Crippen LogP contribution in [0.4, 0.5) is 5.82 Å². The second-order valence-electron chi connectivity index (χ2n) is 7.57. The largest absolute Gasteiger partial charge is 0.378 e. The van der Waals surface area contributed by atoms with Crippen LogP contribution in [0, 0.1) is 0 Å². The van der Waals surface area contributed by atoms with Gasteiger partial charge in [0.15, 0.2) is 5.75 Å². The molecular formula is C26H20BrN3O3S. The van der Waals surface area contributed by atoms with E-state index >= 15 is 0 Å². The highest BCUT2D eigenvalue weighted by Crippen LogP contribution is 2.37. The van der Waals surface area contributed by atoms with Crippen molar-refractivity contribution in [2.75, 3.05) is 5.32 Å². The maximum absolute atomic E-state index is 12.9. The van der Waals surface area contributed by atoms with Gasteiger partial charge in [0.1, 0.15) is 22.1 Å². The number of rotatable bonds is 7. The molecule has 0 aliphatic rings. The zero-order valence-electron chi connectivity index (χ0n) is 17.9. The summed E-state index contributed by atoms with van der Waals surface area (Å²) in [6.45, 7) is 0.569. The number of nitrogens with one attached hydrogen (secondary N) is 1. The van der Waals surface area contributed by atoms with E-state index in [0.717, 1.165) is 21.5 Å². The van der Waals surface area contributed by atoms with Gasteiger partial charge in [0.25, 0.3) is 0 Å². The van der Waals surface area contributed by atoms with E-state index in [1.165, 1.54) is 12.1 Å². The maximum Gasteiger partial charge on any atom is 0.339 e. The molecule has 0 bridgehead atoms. The fourth-order valence-electron chi connectivity index (χ4n) is 3.65. The van der Waals surface area contributed by atoms with Crippen molar-refractivity contribution in [1.29, 1.82) is 0 Å². The fraction of sp³-hybridized carbons (Fsp3) is 0.0385. The van der Waals surface area contributed by atoms with Gasteiger partial charge in [-0.3, -0.25) is 4.40 Å². The van der Waals surface area contributed by atoms with Gasteiger partial charge in [0, 0.05) is 22.8 Å². The Bertz CT molecular complexity index is 1550. The smallest absolute Gasteiger partial charge is 0.339 e. The monoisotopic (exact) mass is 533 g/mol. The minimum absolute atomic E-state index is 0.0890. The van der Waals surface area contributed by atoms with E-state index in [9.17, 15) is 8.42 Å². The van der Waals surface area contributed by atoms with Crippen molar-refractivity contribution in [2.45, 2.75) is 11.4 Å². The summed E-state index contributed by atoms with van der Waals surface area (Å²) >= 11 is 3.53. The van der Waals surface area contributed by atoms with Gasteiger partial charge < -0.3 is 9.50 Å². The van der Waals surface area contributed by atoms with Crippen LogP contribution in [-0.4, -0.2) is 17.8 Å². The summed E-state index contributed by atoms with van der Waals surface area (Å²) in [5.41, 5.74) is 2.98. The van der Waals surface area contributed by atoms with Gasteiger partial charge in [-0.05, 0) is 57.9 Å². The van der Waals surface area contributed by atoms with E-state index in [2.05, 4.69) is 21.2 Å². The molecule has 3 aromatic carbocycles. The first kappa shape index (κ1) is 22.2. The van der Waals surface area contributed by atoms with Crippen molar-refractivity contribution in [3.63, 3.8) is 0 Å². The van der Waals surface area contributed by atoms with E-state index in [0.29, 0.717) is 17.8 Å². The molecule has 0 saturated carbocycles. The van der Waals surface area contributed by atoms with E-state index < -0.39 is 10.1 Å². The highest BCUT2D eigenvalue weighted by atomic mass is 79.9. The summed E-state index contributed by atoms with van der Waals surface area (Å²) in [4.78, 5) is 4.89. The van der Waals surface area contributed by atoms with Gasteiger partial charge in [0.05, 0.1) is 0 Å². The van der Waals surface area contributed by atoms with Crippen LogP contribution in [0.15, 0.2) is 113 Å². The van der Waals surface area contributed by atoms with Crippen molar-refractivity contribution in [1.82, 2.24) is 9.38 Å². The molecule has 5 aromatic rings. The molecule has 170 valence electrons. The van der Waals surface area contributed by atoms with Crippen molar-refractivity contribution in [3.05, 3.63) is 113 Å². The Morgan fingerprint density at radius 2 is 1.53 bits per heavy atom. The zero-order valence-corrected chi connectivity index (χ0v) is 20.3. The predicted octanol–water partition coefficient (Wildman–Crippen LogP) is 6.14. The molecule has 0 aliphatic carbocycles. The van der Waals surface area contributed by atoms with Gasteiger partial charge in [-0.2, -0.15) is 8.42 Å². The van der Waals surface area contributed by atoms with Crippen molar-refractivity contribution in [3.8, 4) is 17.0 Å². The molecule has 2 aromatic heterocycles. The standard InChI is InChI=1S/C26H20BrN3O3S/c27-20-15-16-24-29-25(26(30(24)18-20)28-17-19-9-3-1-4-10-19)22-13-7-8-14-23(22)33-34(31,32)21-11-5-2-6-12-21/h1-16,18,28H,17H2. The Morgan fingerprint density at radius 3 is 2.29 bits per heavy atom. The topological polar surface area (TPSA) is 72.7 Å². The average molecular weight is 534 g/mol. The Morgan fingerprint density at radius 1 is 0.853 bits per heavy atom. The lowest BCUT2D eigenvalue weighted by molar-refractivity contribution is 0.487. The van der Waals surface area contributed by atoms with Crippen LogP contribution in [0.1, 0.15) is 5.56 Å². The zero-order chi connectivity index (χ0) is 23.5. The molecule has 0 fully saturated rings. The van der Waals surface area contributed by atoms with Crippen LogP contribution in [0.5, 0.6) is 5.75 Å². The molecule has 1 N–H and O–H groups in total. The van der Waals surface area contributed by atoms with E-state index in [1.807, 2.05) is 59.1 Å². The highest BCUT2D eigenvalue weighted by molar-refractivity contribution is 9.10. The number of halogens is 1. The number of benzene rings is 3. The number of para-hydroxylation sites is 1. The minimum atomic E-state index is -4.01.